The summed E-state index contributed by atoms with van der Waals surface area (Å²) in [7, 11) is 0. The molecule has 1 fully saturated rings. The second kappa shape index (κ2) is 5.65. The van der Waals surface area contributed by atoms with Crippen LogP contribution in [0.4, 0.5) is 10.1 Å². The maximum Gasteiger partial charge on any atom is 0.305 e. The number of nitrogens with one attached hydrogen (secondary N) is 1. The van der Waals surface area contributed by atoms with Gasteiger partial charge in [0.15, 0.2) is 0 Å². The zero-order valence-corrected chi connectivity index (χ0v) is 11.2. The lowest BCUT2D eigenvalue weighted by atomic mass is 9.97. The second-order valence-electron chi connectivity index (χ2n) is 5.41. The van der Waals surface area contributed by atoms with E-state index in [0.717, 1.165) is 6.42 Å². The number of halogens is 1. The number of hydrogen-bond acceptors (Lipinski definition) is 3. The molecule has 1 saturated carbocycles. The predicted molar refractivity (Wildman–Crippen MR) is 71.2 cm³/mol. The molecule has 104 valence electrons. The van der Waals surface area contributed by atoms with E-state index in [0.29, 0.717) is 30.0 Å². The fraction of sp³-hybridized carbons (Fsp3) is 0.571. The lowest BCUT2D eigenvalue weighted by Crippen LogP contribution is -2.32. The molecule has 5 heteroatoms. The van der Waals surface area contributed by atoms with Crippen molar-refractivity contribution < 1.29 is 9.31 Å². The molecular formula is C14H19FN2O2. The molecule has 0 bridgehead atoms. The molecule has 1 aromatic rings. The van der Waals surface area contributed by atoms with Crippen LogP contribution in [-0.2, 0) is 6.54 Å². The predicted octanol–water partition coefficient (Wildman–Crippen LogP) is 3.26. The molecule has 3 unspecified atom stereocenters. The van der Waals surface area contributed by atoms with Crippen molar-refractivity contribution in [1.82, 2.24) is 5.32 Å². The molecule has 0 saturated heterocycles. The summed E-state index contributed by atoms with van der Waals surface area (Å²) in [6.07, 6.45) is 2.26. The molecule has 3 atom stereocenters. The lowest BCUT2D eigenvalue weighted by molar-refractivity contribution is -0.387. The van der Waals surface area contributed by atoms with E-state index in [4.69, 9.17) is 0 Å². The molecule has 1 aliphatic rings. The third kappa shape index (κ3) is 2.92. The van der Waals surface area contributed by atoms with Gasteiger partial charge in [-0.25, -0.2) is 0 Å². The molecule has 0 aromatic heterocycles. The van der Waals surface area contributed by atoms with E-state index in [1.807, 2.05) is 0 Å². The van der Waals surface area contributed by atoms with Crippen LogP contribution < -0.4 is 5.32 Å². The van der Waals surface area contributed by atoms with Gasteiger partial charge in [-0.1, -0.05) is 26.0 Å². The quantitative estimate of drug-likeness (QED) is 0.672. The minimum absolute atomic E-state index is 0.342. The maximum absolute atomic E-state index is 13.9. The van der Waals surface area contributed by atoms with Crippen LogP contribution in [-0.4, -0.2) is 11.0 Å². The van der Waals surface area contributed by atoms with Crippen LogP contribution in [0.3, 0.4) is 0 Å². The Labute approximate surface area is 112 Å². The molecule has 0 radical (unpaired) electrons. The molecule has 1 aromatic carbocycles. The van der Waals surface area contributed by atoms with Gasteiger partial charge < -0.3 is 5.32 Å². The van der Waals surface area contributed by atoms with Gasteiger partial charge in [-0.2, -0.15) is 4.39 Å². The highest BCUT2D eigenvalue weighted by atomic mass is 19.1. The number of nitro groups is 1. The molecule has 19 heavy (non-hydrogen) atoms. The molecule has 2 rings (SSSR count). The summed E-state index contributed by atoms with van der Waals surface area (Å²) in [4.78, 5) is 9.99. The van der Waals surface area contributed by atoms with Crippen molar-refractivity contribution >= 4 is 5.69 Å². The Kier molecular flexibility index (Phi) is 4.14. The zero-order chi connectivity index (χ0) is 14.0. The van der Waals surface area contributed by atoms with Crippen molar-refractivity contribution in [3.63, 3.8) is 0 Å². The van der Waals surface area contributed by atoms with E-state index >= 15 is 0 Å². The average Bonchev–Trinajstić information content (AvgIpc) is 2.68. The van der Waals surface area contributed by atoms with Crippen molar-refractivity contribution in [2.24, 2.45) is 11.8 Å². The largest absolute Gasteiger partial charge is 0.310 e. The monoisotopic (exact) mass is 266 g/mol. The molecule has 0 amide bonds. The van der Waals surface area contributed by atoms with Crippen LogP contribution >= 0.6 is 0 Å². The Balaban J connectivity index is 2.04. The van der Waals surface area contributed by atoms with Crippen LogP contribution in [0, 0.1) is 27.8 Å². The third-order valence-electron chi connectivity index (χ3n) is 4.27. The van der Waals surface area contributed by atoms with Gasteiger partial charge in [0.1, 0.15) is 0 Å². The summed E-state index contributed by atoms with van der Waals surface area (Å²) in [6, 6.07) is 4.69. The molecule has 0 aliphatic heterocycles. The van der Waals surface area contributed by atoms with Crippen molar-refractivity contribution in [1.29, 1.82) is 0 Å². The summed E-state index contributed by atoms with van der Waals surface area (Å²) in [5.41, 5.74) is -0.0897. The summed E-state index contributed by atoms with van der Waals surface area (Å²) < 4.78 is 13.9. The molecule has 4 nitrogen and oxygen atoms in total. The normalized spacial score (nSPS) is 26.6. The van der Waals surface area contributed by atoms with Gasteiger partial charge in [0.25, 0.3) is 0 Å². The van der Waals surface area contributed by atoms with Gasteiger partial charge in [0, 0.05) is 24.2 Å². The minimum Gasteiger partial charge on any atom is -0.310 e. The third-order valence-corrected chi connectivity index (χ3v) is 4.27. The highest BCUT2D eigenvalue weighted by Gasteiger charge is 2.29. The van der Waals surface area contributed by atoms with E-state index < -0.39 is 16.4 Å². The van der Waals surface area contributed by atoms with Gasteiger partial charge in [-0.3, -0.25) is 10.1 Å². The van der Waals surface area contributed by atoms with Gasteiger partial charge in [-0.05, 0) is 24.7 Å². The standard InChI is InChI=1S/C14H19FN2O2/c1-9-6-7-12(10(9)2)16-8-11-4-3-5-13(14(11)15)17(18)19/h3-5,9-10,12,16H,6-8H2,1-2H3. The zero-order valence-electron chi connectivity index (χ0n) is 11.2. The fourth-order valence-electron chi connectivity index (χ4n) is 2.74. The Morgan fingerprint density at radius 1 is 1.42 bits per heavy atom. The fourth-order valence-corrected chi connectivity index (χ4v) is 2.74. The Morgan fingerprint density at radius 2 is 2.16 bits per heavy atom. The highest BCUT2D eigenvalue weighted by molar-refractivity contribution is 5.36. The summed E-state index contributed by atoms with van der Waals surface area (Å²) >= 11 is 0. The molecule has 0 spiro atoms. The van der Waals surface area contributed by atoms with E-state index in [1.165, 1.54) is 18.6 Å². The highest BCUT2D eigenvalue weighted by Crippen LogP contribution is 2.31. The first-order valence-corrected chi connectivity index (χ1v) is 6.66. The van der Waals surface area contributed by atoms with Gasteiger partial charge in [-0.15, -0.1) is 0 Å². The van der Waals surface area contributed by atoms with E-state index in [9.17, 15) is 14.5 Å². The number of benzene rings is 1. The van der Waals surface area contributed by atoms with Crippen molar-refractivity contribution in [3.05, 3.63) is 39.7 Å². The SMILES string of the molecule is CC1CCC(NCc2cccc([N+](=O)[O-])c2F)C1C. The number of nitrogens with zero attached hydrogens (tertiary/aromatic N) is 1. The maximum atomic E-state index is 13.9. The molecule has 1 aliphatic carbocycles. The number of nitro benzene ring substituents is 1. The van der Waals surface area contributed by atoms with Crippen molar-refractivity contribution in [2.45, 2.75) is 39.3 Å². The first kappa shape index (κ1) is 13.9. The van der Waals surface area contributed by atoms with Gasteiger partial charge in [0.2, 0.25) is 5.82 Å². The van der Waals surface area contributed by atoms with E-state index in [-0.39, 0.29) is 0 Å². The van der Waals surface area contributed by atoms with Crippen LogP contribution in [0.2, 0.25) is 0 Å². The summed E-state index contributed by atoms with van der Waals surface area (Å²) in [5.74, 6) is 0.507. The number of hydrogen-bond donors (Lipinski definition) is 1. The van der Waals surface area contributed by atoms with Gasteiger partial charge in [0.05, 0.1) is 4.92 Å². The summed E-state index contributed by atoms with van der Waals surface area (Å²) in [6.45, 7) is 4.76. The smallest absolute Gasteiger partial charge is 0.305 e. The van der Waals surface area contributed by atoms with E-state index in [2.05, 4.69) is 19.2 Å². The Morgan fingerprint density at radius 3 is 2.74 bits per heavy atom. The van der Waals surface area contributed by atoms with E-state index in [1.54, 1.807) is 6.07 Å². The van der Waals surface area contributed by atoms with Crippen molar-refractivity contribution in [2.75, 3.05) is 0 Å². The average molecular weight is 266 g/mol. The minimum atomic E-state index is -0.723. The Bertz CT molecular complexity index is 479. The Hall–Kier alpha value is -1.49. The van der Waals surface area contributed by atoms with Crippen LogP contribution in [0.15, 0.2) is 18.2 Å². The van der Waals surface area contributed by atoms with Gasteiger partial charge >= 0.3 is 5.69 Å². The topological polar surface area (TPSA) is 55.2 Å². The summed E-state index contributed by atoms with van der Waals surface area (Å²) in [5, 5.41) is 14.0. The first-order chi connectivity index (χ1) is 9.00. The molecule has 0 heterocycles. The molecule has 1 N–H and O–H groups in total. The number of rotatable bonds is 4. The van der Waals surface area contributed by atoms with Crippen molar-refractivity contribution in [3.8, 4) is 0 Å². The second-order valence-corrected chi connectivity index (χ2v) is 5.41. The first-order valence-electron chi connectivity index (χ1n) is 6.66. The van der Waals surface area contributed by atoms with Crippen LogP contribution in [0.5, 0.6) is 0 Å². The molecular weight excluding hydrogens is 247 g/mol. The van der Waals surface area contributed by atoms with Crippen LogP contribution in [0.25, 0.3) is 0 Å². The lowest BCUT2D eigenvalue weighted by Gasteiger charge is -2.19. The van der Waals surface area contributed by atoms with Crippen LogP contribution in [0.1, 0.15) is 32.3 Å².